The molecule has 1 aliphatic carbocycles. The Bertz CT molecular complexity index is 553. The first-order chi connectivity index (χ1) is 8.45. The van der Waals surface area contributed by atoms with Gasteiger partial charge in [0.15, 0.2) is 0 Å². The van der Waals surface area contributed by atoms with Crippen LogP contribution < -0.4 is 0 Å². The molecule has 0 heterocycles. The fourth-order valence-electron chi connectivity index (χ4n) is 2.34. The molecule has 2 aromatic rings. The van der Waals surface area contributed by atoms with Crippen LogP contribution >= 0.6 is 0 Å². The Morgan fingerprint density at radius 3 is 2.00 bits per heavy atom. The Morgan fingerprint density at radius 1 is 0.722 bits per heavy atom. The van der Waals surface area contributed by atoms with Crippen LogP contribution in [0.15, 0.2) is 78.9 Å². The van der Waals surface area contributed by atoms with Gasteiger partial charge in [-0.1, -0.05) is 78.9 Å². The summed E-state index contributed by atoms with van der Waals surface area (Å²) >= 11 is 0. The Balaban J connectivity index is 0.00000120. The third-order valence-electron chi connectivity index (χ3n) is 3.18. The van der Waals surface area contributed by atoms with Crippen LogP contribution in [0.2, 0.25) is 0 Å². The first-order valence-electron chi connectivity index (χ1n) is 5.94. The maximum Gasteiger partial charge on any atom is 0.0278 e. The van der Waals surface area contributed by atoms with Gasteiger partial charge in [-0.25, -0.2) is 0 Å². The number of allylic oxidation sites excluding steroid dienone is 4. The number of hydrogen-bond acceptors (Lipinski definition) is 0. The van der Waals surface area contributed by atoms with Crippen molar-refractivity contribution >= 4 is 5.57 Å². The summed E-state index contributed by atoms with van der Waals surface area (Å²) in [6.45, 7) is 0. The maximum atomic E-state index is 2.26. The van der Waals surface area contributed by atoms with Crippen molar-refractivity contribution in [3.63, 3.8) is 0 Å². The predicted octanol–water partition coefficient (Wildman–Crippen LogP) is 4.42. The molecule has 0 nitrogen and oxygen atoms in total. The summed E-state index contributed by atoms with van der Waals surface area (Å²) in [5.74, 6) is 0.401. The van der Waals surface area contributed by atoms with Crippen molar-refractivity contribution in [2.75, 3.05) is 0 Å². The fraction of sp³-hybridized carbons (Fsp3) is 0.0588. The van der Waals surface area contributed by atoms with E-state index in [2.05, 4.69) is 78.9 Å². The van der Waals surface area contributed by atoms with E-state index >= 15 is 0 Å². The van der Waals surface area contributed by atoms with Gasteiger partial charge in [-0.3, -0.25) is 0 Å². The number of hydrogen-bond donors (Lipinski definition) is 0. The van der Waals surface area contributed by atoms with Crippen molar-refractivity contribution in [1.82, 2.24) is 0 Å². The van der Waals surface area contributed by atoms with Crippen LogP contribution in [0.5, 0.6) is 0 Å². The molecule has 3 rings (SSSR count). The zero-order chi connectivity index (χ0) is 11.5. The molecule has 92 valence electrons. The van der Waals surface area contributed by atoms with E-state index in [-0.39, 0.29) is 21.1 Å². The predicted molar refractivity (Wildman–Crippen MR) is 72.7 cm³/mol. The van der Waals surface area contributed by atoms with Crippen LogP contribution in [-0.4, -0.2) is 0 Å². The first kappa shape index (κ1) is 13.0. The van der Waals surface area contributed by atoms with Crippen molar-refractivity contribution in [3.05, 3.63) is 90.0 Å². The molecule has 0 spiro atoms. The van der Waals surface area contributed by atoms with Gasteiger partial charge in [0, 0.05) is 27.0 Å². The molecule has 0 amide bonds. The molecule has 1 aliphatic rings. The van der Waals surface area contributed by atoms with E-state index in [9.17, 15) is 0 Å². The molecule has 1 unspecified atom stereocenters. The van der Waals surface area contributed by atoms with Gasteiger partial charge in [-0.15, -0.1) is 0 Å². The second-order valence-electron chi connectivity index (χ2n) is 4.26. The fourth-order valence-corrected chi connectivity index (χ4v) is 2.34. The molecule has 0 aliphatic heterocycles. The summed E-state index contributed by atoms with van der Waals surface area (Å²) < 4.78 is 0. The molecule has 0 saturated heterocycles. The van der Waals surface area contributed by atoms with Crippen molar-refractivity contribution < 1.29 is 21.1 Å². The first-order valence-corrected chi connectivity index (χ1v) is 5.94. The minimum atomic E-state index is 0. The van der Waals surface area contributed by atoms with Gasteiger partial charge in [-0.05, 0) is 16.7 Å². The van der Waals surface area contributed by atoms with E-state index < -0.39 is 0 Å². The summed E-state index contributed by atoms with van der Waals surface area (Å²) in [6, 6.07) is 21.2. The summed E-state index contributed by atoms with van der Waals surface area (Å²) in [4.78, 5) is 0. The van der Waals surface area contributed by atoms with E-state index in [1.165, 1.54) is 16.7 Å². The van der Waals surface area contributed by atoms with E-state index in [0.717, 1.165) is 0 Å². The topological polar surface area (TPSA) is 0 Å². The maximum absolute atomic E-state index is 2.26. The van der Waals surface area contributed by atoms with E-state index in [4.69, 9.17) is 0 Å². The Hall–Kier alpha value is -1.39. The van der Waals surface area contributed by atoms with E-state index in [0.29, 0.717) is 5.92 Å². The standard InChI is InChI=1S/C17H14.Pt/c1-3-8-14(9-4-1)16-12-7-13-17(16)15-10-5-2-6-11-15;/h1-13,16H;. The number of benzene rings is 2. The normalized spacial score (nSPS) is 17.1. The Labute approximate surface area is 122 Å². The van der Waals surface area contributed by atoms with Gasteiger partial charge >= 0.3 is 0 Å². The Kier molecular flexibility index (Phi) is 4.33. The minimum absolute atomic E-state index is 0. The van der Waals surface area contributed by atoms with Gasteiger partial charge in [0.05, 0.1) is 0 Å². The number of rotatable bonds is 2. The third kappa shape index (κ3) is 2.54. The molecule has 0 fully saturated rings. The Morgan fingerprint density at radius 2 is 1.33 bits per heavy atom. The molecular weight excluding hydrogens is 399 g/mol. The summed E-state index contributed by atoms with van der Waals surface area (Å²) in [5.41, 5.74) is 4.06. The average Bonchev–Trinajstić information content (AvgIpc) is 2.90. The van der Waals surface area contributed by atoms with E-state index in [1.54, 1.807) is 0 Å². The summed E-state index contributed by atoms with van der Waals surface area (Å²) in [6.07, 6.45) is 6.63. The molecule has 0 saturated carbocycles. The largest absolute Gasteiger partial charge is 0.0726 e. The van der Waals surface area contributed by atoms with Crippen LogP contribution in [0, 0.1) is 0 Å². The van der Waals surface area contributed by atoms with Crippen LogP contribution in [0.25, 0.3) is 5.57 Å². The second-order valence-corrected chi connectivity index (χ2v) is 4.26. The van der Waals surface area contributed by atoms with Crippen molar-refractivity contribution in [3.8, 4) is 0 Å². The molecule has 0 N–H and O–H groups in total. The average molecular weight is 413 g/mol. The van der Waals surface area contributed by atoms with Gasteiger partial charge in [-0.2, -0.15) is 0 Å². The van der Waals surface area contributed by atoms with E-state index in [1.807, 2.05) is 0 Å². The van der Waals surface area contributed by atoms with Gasteiger partial charge in [0.25, 0.3) is 0 Å². The third-order valence-corrected chi connectivity index (χ3v) is 3.18. The molecule has 18 heavy (non-hydrogen) atoms. The molecule has 2 aromatic carbocycles. The summed E-state index contributed by atoms with van der Waals surface area (Å²) in [5, 5.41) is 0. The smallest absolute Gasteiger partial charge is 0.0278 e. The molecular formula is C17H14Pt. The SMILES string of the molecule is C1=CC(c2ccccc2)C(c2ccccc2)=C1.[Pt]. The molecule has 1 atom stereocenters. The van der Waals surface area contributed by atoms with Gasteiger partial charge in [0.2, 0.25) is 0 Å². The monoisotopic (exact) mass is 413 g/mol. The quantitative estimate of drug-likeness (QED) is 0.684. The molecule has 0 bridgehead atoms. The second kappa shape index (κ2) is 5.98. The van der Waals surface area contributed by atoms with Gasteiger partial charge < -0.3 is 0 Å². The van der Waals surface area contributed by atoms with Crippen LogP contribution in [0.3, 0.4) is 0 Å². The zero-order valence-electron chi connectivity index (χ0n) is 9.90. The summed E-state index contributed by atoms with van der Waals surface area (Å²) in [7, 11) is 0. The molecule has 1 heteroatoms. The van der Waals surface area contributed by atoms with Crippen LogP contribution in [0.4, 0.5) is 0 Å². The van der Waals surface area contributed by atoms with Crippen LogP contribution in [0.1, 0.15) is 17.0 Å². The van der Waals surface area contributed by atoms with Crippen LogP contribution in [-0.2, 0) is 21.1 Å². The zero-order valence-corrected chi connectivity index (χ0v) is 12.2. The van der Waals surface area contributed by atoms with Crippen molar-refractivity contribution in [2.45, 2.75) is 5.92 Å². The van der Waals surface area contributed by atoms with Crippen molar-refractivity contribution in [2.24, 2.45) is 0 Å². The molecule has 0 radical (unpaired) electrons. The molecule has 0 aromatic heterocycles. The van der Waals surface area contributed by atoms with Gasteiger partial charge in [0.1, 0.15) is 0 Å². The van der Waals surface area contributed by atoms with Crippen molar-refractivity contribution in [1.29, 1.82) is 0 Å². The minimum Gasteiger partial charge on any atom is -0.0726 e.